The predicted molar refractivity (Wildman–Crippen MR) is 553 cm³/mol. The molecule has 18 aromatic heterocycles. The number of rotatable bonds is 14. The van der Waals surface area contributed by atoms with Crippen LogP contribution in [0, 0.1) is 29.1 Å². The number of pyridine rings is 12. The van der Waals surface area contributed by atoms with Gasteiger partial charge in [-0.2, -0.15) is 20.4 Å². The molecule has 0 atom stereocenters. The molecule has 0 aliphatic heterocycles. The first kappa shape index (κ1) is 95.0. The monoisotopic (exact) mass is 2000 g/mol. The summed E-state index contributed by atoms with van der Waals surface area (Å²) in [7, 11) is 0. The Balaban J connectivity index is 0.000000109. The molecule has 0 bridgehead atoms. The number of Topliss-reactive ketones (excluding diaryl/α,β-unsaturated/α-hetero) is 2. The topological polar surface area (TPSA) is 215 Å². The molecule has 0 aliphatic carbocycles. The van der Waals surface area contributed by atoms with Crippen molar-refractivity contribution in [1.82, 2.24) is 87.1 Å². The molecule has 0 spiro atoms. The highest BCUT2D eigenvalue weighted by Gasteiger charge is 2.22. The summed E-state index contributed by atoms with van der Waals surface area (Å²) in [6.07, 6.45) is 31.6. The summed E-state index contributed by atoms with van der Waals surface area (Å²) < 4.78 is 79.6. The maximum atomic E-state index is 14.3. The van der Waals surface area contributed by atoms with E-state index < -0.39 is 23.3 Å². The van der Waals surface area contributed by atoms with E-state index in [0.717, 1.165) is 134 Å². The lowest BCUT2D eigenvalue weighted by Crippen LogP contribution is -1.99. The first-order chi connectivity index (χ1) is 69.6. The van der Waals surface area contributed by atoms with Crippen molar-refractivity contribution >= 4 is 115 Å². The minimum Gasteiger partial charge on any atom is -0.296 e. The molecule has 0 amide bonds. The summed E-state index contributed by atoms with van der Waals surface area (Å²) >= 11 is 35.9. The largest absolute Gasteiger partial charge is 0.296 e. The van der Waals surface area contributed by atoms with Gasteiger partial charge in [-0.1, -0.05) is 130 Å². The number of hydrogen-bond acceptors (Lipinski definition) is 14. The molecule has 698 valence electrons. The van der Waals surface area contributed by atoms with E-state index in [0.29, 0.717) is 60.3 Å². The molecule has 143 heavy (non-hydrogen) atoms. The lowest BCUT2D eigenvalue weighted by Gasteiger charge is -2.11. The van der Waals surface area contributed by atoms with Crippen molar-refractivity contribution in [1.29, 1.82) is 0 Å². The molecule has 6 aromatic carbocycles. The van der Waals surface area contributed by atoms with Gasteiger partial charge in [-0.15, -0.1) is 0 Å². The average Bonchev–Trinajstić information content (AvgIpc) is 1.62. The van der Waals surface area contributed by atoms with E-state index in [2.05, 4.69) is 72.4 Å². The summed E-state index contributed by atoms with van der Waals surface area (Å²) in [4.78, 5) is 58.8. The molecule has 0 saturated carbocycles. The zero-order valence-corrected chi connectivity index (χ0v) is 79.6. The van der Waals surface area contributed by atoms with Crippen molar-refractivity contribution in [3.63, 3.8) is 0 Å². The van der Waals surface area contributed by atoms with Crippen molar-refractivity contribution in [2.45, 2.75) is 13.8 Å². The lowest BCUT2D eigenvalue weighted by molar-refractivity contribution is 0.0999. The normalized spacial score (nSPS) is 11.0. The quantitative estimate of drug-likeness (QED) is 0.0562. The molecular weight excluding hydrogens is 1940 g/mol. The zero-order valence-electron chi connectivity index (χ0n) is 75.1. The molecule has 0 unspecified atom stereocenters. The van der Waals surface area contributed by atoms with Crippen LogP contribution in [0.25, 0.3) is 168 Å². The van der Waals surface area contributed by atoms with E-state index in [4.69, 9.17) is 69.6 Å². The van der Waals surface area contributed by atoms with E-state index in [1.54, 1.807) is 129 Å². The fraction of sp³-hybridized carbons (Fsp3) is 0.0179. The summed E-state index contributed by atoms with van der Waals surface area (Å²) in [6, 6.07) is 85.2. The molecule has 20 nitrogen and oxygen atoms in total. The SMILES string of the molecule is CC(=O)c1cnc2ccc(-c3cccnc3-c3ccc(F)c(Cl)c3)cn12.CC(=O)c1cnc2ccc(-c3cccnc3-c3cccc(Cl)c3)cn12.Clc1cccc(-c2ncccc2-c2ccn3nccc3c2)c1.Fc1cc(F)c(-c2ncccc2-c2ccn3nccc3c2)cc1Cl.Fc1ccc(-c2ncccc2-c2ccn3nccc3c2)cc1Cl.Fc1ccc(Cl)cc1-c1ncccc1-c1ccn2nccc2c1. The van der Waals surface area contributed by atoms with Crippen LogP contribution in [0.2, 0.25) is 30.1 Å². The Hall–Kier alpha value is -16.9. The van der Waals surface area contributed by atoms with Crippen LogP contribution in [-0.2, 0) is 0 Å². The van der Waals surface area contributed by atoms with Crippen LogP contribution in [0.15, 0.2) is 397 Å². The van der Waals surface area contributed by atoms with Crippen LogP contribution in [0.1, 0.15) is 34.8 Å². The fourth-order valence-corrected chi connectivity index (χ4v) is 17.4. The molecule has 24 rings (SSSR count). The van der Waals surface area contributed by atoms with Gasteiger partial charge >= 0.3 is 0 Å². The number of benzene rings is 6. The summed E-state index contributed by atoms with van der Waals surface area (Å²) in [5.74, 6) is -2.84. The number of aromatic nitrogens is 18. The van der Waals surface area contributed by atoms with Gasteiger partial charge in [-0.05, 0) is 241 Å². The third-order valence-electron chi connectivity index (χ3n) is 23.1. The second-order valence-corrected chi connectivity index (χ2v) is 34.7. The molecular formula is C112H71Cl6F5N18O2. The Morgan fingerprint density at radius 3 is 0.895 bits per heavy atom. The van der Waals surface area contributed by atoms with Crippen LogP contribution in [0.5, 0.6) is 0 Å². The third-order valence-corrected chi connectivity index (χ3v) is 24.6. The minimum atomic E-state index is -0.795. The van der Waals surface area contributed by atoms with Gasteiger partial charge in [0.25, 0.3) is 0 Å². The van der Waals surface area contributed by atoms with Crippen molar-refractivity contribution in [2.75, 3.05) is 0 Å². The molecule has 31 heteroatoms. The number of carbonyl (C=O) groups excluding carboxylic acids is 2. The van der Waals surface area contributed by atoms with Crippen molar-refractivity contribution in [3.8, 4) is 134 Å². The number of ketones is 2. The summed E-state index contributed by atoms with van der Waals surface area (Å²) in [5, 5.41) is 18.6. The first-order valence-electron chi connectivity index (χ1n) is 44.0. The van der Waals surface area contributed by atoms with Crippen LogP contribution in [0.4, 0.5) is 22.0 Å². The highest BCUT2D eigenvalue weighted by molar-refractivity contribution is 6.33. The summed E-state index contributed by atoms with van der Waals surface area (Å²) in [5.41, 5.74) is 25.7. The Kier molecular flexibility index (Phi) is 28.2. The van der Waals surface area contributed by atoms with E-state index in [-0.39, 0.29) is 38.0 Å². The van der Waals surface area contributed by atoms with Crippen molar-refractivity contribution in [3.05, 3.63) is 467 Å². The van der Waals surface area contributed by atoms with Crippen LogP contribution in [-0.4, -0.2) is 98.7 Å². The number of imidazole rings is 2. The number of nitrogens with zero attached hydrogens (tertiary/aromatic N) is 18. The maximum absolute atomic E-state index is 14.3. The van der Waals surface area contributed by atoms with E-state index in [1.807, 2.05) is 246 Å². The van der Waals surface area contributed by atoms with Gasteiger partial charge in [0.2, 0.25) is 0 Å². The molecule has 0 fully saturated rings. The maximum Gasteiger partial charge on any atom is 0.178 e. The van der Waals surface area contributed by atoms with Gasteiger partial charge in [-0.25, -0.2) is 50.0 Å². The second kappa shape index (κ2) is 42.4. The highest BCUT2D eigenvalue weighted by atomic mass is 35.5. The van der Waals surface area contributed by atoms with Crippen LogP contribution >= 0.6 is 69.6 Å². The van der Waals surface area contributed by atoms with Gasteiger partial charge in [0.1, 0.15) is 51.8 Å². The van der Waals surface area contributed by atoms with Gasteiger partial charge in [0.05, 0.1) is 83.7 Å². The smallest absolute Gasteiger partial charge is 0.178 e. The first-order valence-corrected chi connectivity index (χ1v) is 46.3. The Bertz CT molecular complexity index is 8930. The zero-order chi connectivity index (χ0) is 98.9. The van der Waals surface area contributed by atoms with E-state index in [9.17, 15) is 31.5 Å². The van der Waals surface area contributed by atoms with Crippen molar-refractivity contribution in [2.24, 2.45) is 0 Å². The van der Waals surface area contributed by atoms with Crippen LogP contribution in [0.3, 0.4) is 0 Å². The number of hydrogen-bond donors (Lipinski definition) is 0. The lowest BCUT2D eigenvalue weighted by atomic mass is 9.99. The molecule has 0 saturated heterocycles. The minimum absolute atomic E-state index is 0.0223. The molecule has 0 aliphatic rings. The molecule has 24 aromatic rings. The van der Waals surface area contributed by atoms with Gasteiger partial charge in [-0.3, -0.25) is 48.3 Å². The molecule has 0 radical (unpaired) electrons. The molecule has 18 heterocycles. The number of fused-ring (bicyclic) bond motifs is 6. The standard InChI is InChI=1S/C20H13ClFN3O.C20H14ClN3O.C18H10ClF2N3.2C18H11ClFN3.C18H12ClN3/c1-12(26)18-10-24-19-7-5-14(11-25(18)19)15-3-2-8-23-20(15)13-4-6-17(22)16(21)9-13;1-13(25)18-11-23-19-8-7-15(12-24(18)19)17-6-3-9-22-20(17)14-4-2-5-16(21)10-14;19-15-9-14(16(20)10-17(15)21)18-13(2-1-5-22-18)11-4-7-24-12(8-11)3-6-23-24;19-13-3-4-17(20)16(11-13)18-15(2-1-7-21-18)12-6-9-23-14(10-12)5-8-22-23;19-16-11-13(3-4-17(16)20)18-15(2-1-7-21-18)12-6-9-23-14(10-12)5-8-22-23;19-15-4-1-3-14(11-15)18-17(5-2-8-20-18)13-7-10-22-16(12-13)6-9-21-22/h2-11H,1H3;2-12H,1H3;1-10H;2*1-11H;1-12H. The van der Waals surface area contributed by atoms with Gasteiger partial charge < -0.3 is 0 Å². The fourth-order valence-electron chi connectivity index (χ4n) is 16.3. The Morgan fingerprint density at radius 1 is 0.238 bits per heavy atom. The molecule has 0 N–H and O–H groups in total. The van der Waals surface area contributed by atoms with Gasteiger partial charge in [0, 0.05) is 212 Å². The number of carbonyl (C=O) groups is 2. The van der Waals surface area contributed by atoms with Gasteiger partial charge in [0.15, 0.2) is 11.6 Å². The predicted octanol–water partition coefficient (Wildman–Crippen LogP) is 29.4. The second-order valence-electron chi connectivity index (χ2n) is 32.2. The third kappa shape index (κ3) is 21.0. The average molecular weight is 2010 g/mol. The van der Waals surface area contributed by atoms with Crippen LogP contribution < -0.4 is 0 Å². The summed E-state index contributed by atoms with van der Waals surface area (Å²) in [6.45, 7) is 3.05. The highest BCUT2D eigenvalue weighted by Crippen LogP contribution is 2.41. The van der Waals surface area contributed by atoms with Crippen molar-refractivity contribution < 1.29 is 31.5 Å². The Morgan fingerprint density at radius 2 is 0.545 bits per heavy atom. The number of halogens is 11. The van der Waals surface area contributed by atoms with E-state index >= 15 is 0 Å². The Labute approximate surface area is 842 Å². The van der Waals surface area contributed by atoms with E-state index in [1.165, 1.54) is 44.2 Å².